The Morgan fingerprint density at radius 1 is 1.17 bits per heavy atom. The first-order valence-corrected chi connectivity index (χ1v) is 8.75. The third-order valence-electron chi connectivity index (χ3n) is 5.43. The third kappa shape index (κ3) is 3.30. The largest absolute Gasteiger partial charge is 0.481 e. The quantitative estimate of drug-likeness (QED) is 0.919. The molecule has 1 aliphatic carbocycles. The van der Waals surface area contributed by atoms with Gasteiger partial charge in [-0.25, -0.2) is 4.39 Å². The summed E-state index contributed by atoms with van der Waals surface area (Å²) in [6.07, 6.45) is 3.30. The van der Waals surface area contributed by atoms with Crippen LogP contribution in [0.2, 0.25) is 0 Å². The van der Waals surface area contributed by atoms with Gasteiger partial charge in [-0.05, 0) is 37.7 Å². The van der Waals surface area contributed by atoms with Gasteiger partial charge in [0.2, 0.25) is 5.91 Å². The van der Waals surface area contributed by atoms with Crippen LogP contribution >= 0.6 is 0 Å². The van der Waals surface area contributed by atoms with Crippen molar-refractivity contribution in [2.45, 2.75) is 45.1 Å². The highest BCUT2D eigenvalue weighted by Gasteiger charge is 2.40. The maximum Gasteiger partial charge on any atom is 0.306 e. The molecular formula is C19H24FNO3. The molecule has 5 heteroatoms. The summed E-state index contributed by atoms with van der Waals surface area (Å²) in [5.41, 5.74) is 0.570. The van der Waals surface area contributed by atoms with Gasteiger partial charge < -0.3 is 10.0 Å². The van der Waals surface area contributed by atoms with Crippen molar-refractivity contribution in [1.29, 1.82) is 0 Å². The Bertz CT molecular complexity index is 633. The molecule has 1 aromatic rings. The number of hydrogen-bond acceptors (Lipinski definition) is 2. The average Bonchev–Trinajstić information content (AvgIpc) is 2.96. The minimum atomic E-state index is -0.812. The minimum Gasteiger partial charge on any atom is -0.481 e. The number of carboxylic acid groups (broad SMARTS) is 1. The van der Waals surface area contributed by atoms with Crippen LogP contribution in [0, 0.1) is 23.6 Å². The summed E-state index contributed by atoms with van der Waals surface area (Å²) in [5.74, 6) is -1.45. The fourth-order valence-electron chi connectivity index (χ4n) is 4.20. The molecule has 4 atom stereocenters. The molecule has 1 heterocycles. The number of nitrogens with zero attached hydrogens (tertiary/aromatic N) is 1. The van der Waals surface area contributed by atoms with Crippen LogP contribution in [0.15, 0.2) is 24.3 Å². The van der Waals surface area contributed by atoms with Gasteiger partial charge >= 0.3 is 5.97 Å². The van der Waals surface area contributed by atoms with Gasteiger partial charge in [-0.3, -0.25) is 9.59 Å². The van der Waals surface area contributed by atoms with E-state index >= 15 is 0 Å². The van der Waals surface area contributed by atoms with Crippen molar-refractivity contribution < 1.29 is 19.1 Å². The highest BCUT2D eigenvalue weighted by atomic mass is 19.1. The second-order valence-electron chi connectivity index (χ2n) is 7.27. The van der Waals surface area contributed by atoms with Crippen LogP contribution in [0.4, 0.5) is 4.39 Å². The predicted molar refractivity (Wildman–Crippen MR) is 87.7 cm³/mol. The molecule has 4 nitrogen and oxygen atoms in total. The first-order chi connectivity index (χ1) is 11.5. The zero-order chi connectivity index (χ0) is 17.3. The topological polar surface area (TPSA) is 57.6 Å². The van der Waals surface area contributed by atoms with E-state index in [1.807, 2.05) is 0 Å². The second kappa shape index (κ2) is 6.91. The maximum absolute atomic E-state index is 14.2. The van der Waals surface area contributed by atoms with Crippen molar-refractivity contribution in [3.63, 3.8) is 0 Å². The number of hydrogen-bond donors (Lipinski definition) is 1. The number of halogens is 1. The molecule has 0 spiro atoms. The fourth-order valence-corrected chi connectivity index (χ4v) is 4.20. The van der Waals surface area contributed by atoms with Gasteiger partial charge in [0.1, 0.15) is 5.82 Å². The molecule has 3 rings (SSSR count). The van der Waals surface area contributed by atoms with E-state index in [-0.39, 0.29) is 23.7 Å². The van der Waals surface area contributed by atoms with Gasteiger partial charge in [-0.15, -0.1) is 0 Å². The van der Waals surface area contributed by atoms with Crippen LogP contribution in [-0.2, 0) is 9.59 Å². The van der Waals surface area contributed by atoms with Crippen molar-refractivity contribution in [1.82, 2.24) is 4.90 Å². The summed E-state index contributed by atoms with van der Waals surface area (Å²) in [4.78, 5) is 26.1. The van der Waals surface area contributed by atoms with Gasteiger partial charge in [0.25, 0.3) is 0 Å². The Hall–Kier alpha value is -1.91. The van der Waals surface area contributed by atoms with Crippen molar-refractivity contribution in [3.8, 4) is 0 Å². The number of amides is 1. The van der Waals surface area contributed by atoms with E-state index in [1.54, 1.807) is 23.1 Å². The lowest BCUT2D eigenvalue weighted by molar-refractivity contribution is -0.145. The summed E-state index contributed by atoms with van der Waals surface area (Å²) in [6.45, 7) is 2.69. The second-order valence-corrected chi connectivity index (χ2v) is 7.27. The normalized spacial score (nSPS) is 30.3. The summed E-state index contributed by atoms with van der Waals surface area (Å²) in [7, 11) is 0. The third-order valence-corrected chi connectivity index (χ3v) is 5.43. The van der Waals surface area contributed by atoms with Crippen LogP contribution < -0.4 is 0 Å². The van der Waals surface area contributed by atoms with E-state index in [2.05, 4.69) is 6.92 Å². The Balaban J connectivity index is 1.80. The lowest BCUT2D eigenvalue weighted by Gasteiger charge is -2.32. The number of carbonyl (C=O) groups is 2. The van der Waals surface area contributed by atoms with Crippen molar-refractivity contribution >= 4 is 11.9 Å². The molecule has 4 unspecified atom stereocenters. The number of benzene rings is 1. The number of carbonyl (C=O) groups excluding carboxylic acids is 1. The Morgan fingerprint density at radius 3 is 2.58 bits per heavy atom. The van der Waals surface area contributed by atoms with E-state index in [9.17, 15) is 19.1 Å². The molecule has 0 aromatic heterocycles. The fraction of sp³-hybridized carbons (Fsp3) is 0.579. The van der Waals surface area contributed by atoms with Crippen molar-refractivity contribution in [3.05, 3.63) is 35.6 Å². The minimum absolute atomic E-state index is 0.00134. The lowest BCUT2D eigenvalue weighted by atomic mass is 9.80. The molecule has 2 aliphatic rings. The summed E-state index contributed by atoms with van der Waals surface area (Å²) < 4.78 is 14.2. The van der Waals surface area contributed by atoms with E-state index < -0.39 is 11.9 Å². The standard InChI is InChI=1S/C19H24FNO3/c1-12-9-17(15-7-2-3-8-16(15)20)21(11-12)18(22)13-5-4-6-14(10-13)19(23)24/h2-3,7-8,12-14,17H,4-6,9-11H2,1H3,(H,23,24). The number of likely N-dealkylation sites (tertiary alicyclic amines) is 1. The molecule has 1 amide bonds. The van der Waals surface area contributed by atoms with Crippen LogP contribution in [0.5, 0.6) is 0 Å². The highest BCUT2D eigenvalue weighted by Crippen LogP contribution is 2.39. The molecule has 1 N–H and O–H groups in total. The SMILES string of the molecule is CC1CC(c2ccccc2F)N(C(=O)C2CCCC(C(=O)O)C2)C1. The van der Waals surface area contributed by atoms with Gasteiger partial charge in [-0.1, -0.05) is 31.5 Å². The van der Waals surface area contributed by atoms with E-state index in [4.69, 9.17) is 0 Å². The van der Waals surface area contributed by atoms with Gasteiger partial charge in [0.15, 0.2) is 0 Å². The molecule has 24 heavy (non-hydrogen) atoms. The number of carboxylic acids is 1. The smallest absolute Gasteiger partial charge is 0.306 e. The Morgan fingerprint density at radius 2 is 1.88 bits per heavy atom. The summed E-state index contributed by atoms with van der Waals surface area (Å²) >= 11 is 0. The monoisotopic (exact) mass is 333 g/mol. The molecule has 2 fully saturated rings. The predicted octanol–water partition coefficient (Wildman–Crippen LogP) is 3.63. The zero-order valence-electron chi connectivity index (χ0n) is 14.0. The van der Waals surface area contributed by atoms with Crippen LogP contribution in [-0.4, -0.2) is 28.4 Å². The molecule has 0 bridgehead atoms. The van der Waals surface area contributed by atoms with Gasteiger partial charge in [0, 0.05) is 18.0 Å². The van der Waals surface area contributed by atoms with Crippen LogP contribution in [0.1, 0.15) is 50.6 Å². The zero-order valence-corrected chi connectivity index (χ0v) is 14.0. The lowest BCUT2D eigenvalue weighted by Crippen LogP contribution is -2.39. The van der Waals surface area contributed by atoms with E-state index in [0.717, 1.165) is 19.3 Å². The Labute approximate surface area is 141 Å². The summed E-state index contributed by atoms with van der Waals surface area (Å²) in [5, 5.41) is 9.24. The van der Waals surface area contributed by atoms with E-state index in [0.29, 0.717) is 30.9 Å². The van der Waals surface area contributed by atoms with Crippen molar-refractivity contribution in [2.75, 3.05) is 6.54 Å². The maximum atomic E-state index is 14.2. The van der Waals surface area contributed by atoms with Gasteiger partial charge in [-0.2, -0.15) is 0 Å². The molecule has 0 radical (unpaired) electrons. The molecular weight excluding hydrogens is 309 g/mol. The molecule has 130 valence electrons. The van der Waals surface area contributed by atoms with Gasteiger partial charge in [0.05, 0.1) is 12.0 Å². The van der Waals surface area contributed by atoms with Crippen LogP contribution in [0.25, 0.3) is 0 Å². The highest BCUT2D eigenvalue weighted by molar-refractivity contribution is 5.81. The number of rotatable bonds is 3. The molecule has 1 saturated heterocycles. The van der Waals surface area contributed by atoms with E-state index in [1.165, 1.54) is 6.07 Å². The Kier molecular flexibility index (Phi) is 4.88. The molecule has 1 aliphatic heterocycles. The molecule has 1 saturated carbocycles. The number of aliphatic carboxylic acids is 1. The van der Waals surface area contributed by atoms with Crippen molar-refractivity contribution in [2.24, 2.45) is 17.8 Å². The average molecular weight is 333 g/mol. The first-order valence-electron chi connectivity index (χ1n) is 8.75. The van der Waals surface area contributed by atoms with Crippen LogP contribution in [0.3, 0.4) is 0 Å². The summed E-state index contributed by atoms with van der Waals surface area (Å²) in [6, 6.07) is 6.40. The molecule has 1 aromatic carbocycles. The first kappa shape index (κ1) is 16.9.